The monoisotopic (exact) mass is 440 g/mol. The molecule has 0 aromatic carbocycles. The van der Waals surface area contributed by atoms with Gasteiger partial charge in [0.05, 0.1) is 6.10 Å². The molecule has 4 heteroatoms. The van der Waals surface area contributed by atoms with Crippen LogP contribution in [0.4, 0.5) is 0 Å². The second-order valence-corrected chi connectivity index (χ2v) is 6.26. The number of aliphatic hydroxyl groups is 1. The number of hydrogen-bond acceptors (Lipinski definition) is 2. The van der Waals surface area contributed by atoms with Gasteiger partial charge in [-0.25, -0.2) is 0 Å². The fourth-order valence-corrected chi connectivity index (χ4v) is 2.67. The third-order valence-electron chi connectivity index (χ3n) is 4.07. The van der Waals surface area contributed by atoms with E-state index in [0.717, 1.165) is 38.5 Å². The molecule has 0 amide bonds. The molecule has 1 unspecified atom stereocenters. The predicted molar refractivity (Wildman–Crippen MR) is 96.5 cm³/mol. The number of aliphatic carboxylic acids is 1. The van der Waals surface area contributed by atoms with E-state index in [0.29, 0.717) is 6.42 Å². The number of hydrogen-bond donors (Lipinski definition) is 2. The molecule has 3 nitrogen and oxygen atoms in total. The van der Waals surface area contributed by atoms with Crippen LogP contribution in [-0.4, -0.2) is 71.2 Å². The van der Waals surface area contributed by atoms with Crippen LogP contribution in [0.2, 0.25) is 0 Å². The van der Waals surface area contributed by atoms with Gasteiger partial charge in [-0.3, -0.25) is 4.79 Å². The first kappa shape index (κ1) is 25.2. The van der Waals surface area contributed by atoms with E-state index in [4.69, 9.17) is 5.11 Å². The number of carboxylic acids is 1. The minimum Gasteiger partial charge on any atom is -1.00 e. The summed E-state index contributed by atoms with van der Waals surface area (Å²) >= 11 is 0. The van der Waals surface area contributed by atoms with E-state index in [9.17, 15) is 9.90 Å². The molecule has 0 rings (SSSR count). The zero-order valence-electron chi connectivity index (χ0n) is 16.7. The number of carbonyl (C=O) groups is 1. The maximum Gasteiger partial charge on any atom is 2.00 e. The molecule has 0 saturated carbocycles. The van der Waals surface area contributed by atoms with Gasteiger partial charge in [0.1, 0.15) is 0 Å². The molecule has 130 valence electrons. The summed E-state index contributed by atoms with van der Waals surface area (Å²) in [6.07, 6.45) is 16.3. The van der Waals surface area contributed by atoms with Crippen LogP contribution >= 0.6 is 0 Å². The van der Waals surface area contributed by atoms with Crippen LogP contribution in [0.3, 0.4) is 0 Å². The van der Waals surface area contributed by atoms with Crippen LogP contribution < -0.4 is 0 Å². The van der Waals surface area contributed by atoms with Crippen molar-refractivity contribution in [1.29, 1.82) is 0 Å². The van der Waals surface area contributed by atoms with Gasteiger partial charge in [0.2, 0.25) is 0 Å². The minimum atomic E-state index is -0.678. The van der Waals surface area contributed by atoms with Crippen LogP contribution in [0.5, 0.6) is 0 Å². The van der Waals surface area contributed by atoms with Crippen molar-refractivity contribution in [2.75, 3.05) is 0 Å². The number of carboxylic acid groups (broad SMARTS) is 1. The van der Waals surface area contributed by atoms with Crippen molar-refractivity contribution in [3.05, 3.63) is 0 Å². The van der Waals surface area contributed by atoms with Crippen molar-refractivity contribution in [2.24, 2.45) is 0 Å². The standard InChI is InChI=1S/C18H36O3.Ba.2H/c1-2-3-4-11-14-17(19)15-12-9-7-5-6-8-10-13-16-18(20)21;;;/h17,19H,2-16H2,1H3,(H,20,21);;;/q;+2;2*-1. The molecule has 0 heterocycles. The molecule has 0 aliphatic rings. The Morgan fingerprint density at radius 1 is 0.818 bits per heavy atom. The Labute approximate surface area is 180 Å². The molecular weight excluding hydrogens is 402 g/mol. The Hall–Kier alpha value is 1.00. The third-order valence-corrected chi connectivity index (χ3v) is 4.07. The molecule has 0 aliphatic heterocycles. The zero-order valence-corrected chi connectivity index (χ0v) is 19.1. The summed E-state index contributed by atoms with van der Waals surface area (Å²) < 4.78 is 0. The second-order valence-electron chi connectivity index (χ2n) is 6.26. The van der Waals surface area contributed by atoms with E-state index < -0.39 is 5.97 Å². The summed E-state index contributed by atoms with van der Waals surface area (Å²) in [6.45, 7) is 2.21. The largest absolute Gasteiger partial charge is 2.00 e. The van der Waals surface area contributed by atoms with Gasteiger partial charge >= 0.3 is 54.9 Å². The van der Waals surface area contributed by atoms with Crippen molar-refractivity contribution in [1.82, 2.24) is 0 Å². The summed E-state index contributed by atoms with van der Waals surface area (Å²) in [4.78, 5) is 10.3. The van der Waals surface area contributed by atoms with Gasteiger partial charge in [-0.2, -0.15) is 0 Å². The summed E-state index contributed by atoms with van der Waals surface area (Å²) in [5, 5.41) is 18.4. The van der Waals surface area contributed by atoms with E-state index in [-0.39, 0.29) is 57.8 Å². The Bertz CT molecular complexity index is 244. The predicted octanol–water partition coefficient (Wildman–Crippen LogP) is 5.15. The van der Waals surface area contributed by atoms with Crippen molar-refractivity contribution >= 4 is 54.9 Å². The zero-order chi connectivity index (χ0) is 15.8. The van der Waals surface area contributed by atoms with Crippen LogP contribution in [-0.2, 0) is 4.79 Å². The molecule has 0 saturated heterocycles. The van der Waals surface area contributed by atoms with E-state index in [1.807, 2.05) is 0 Å². The average Bonchev–Trinajstić information content (AvgIpc) is 2.45. The second kappa shape index (κ2) is 20.0. The van der Waals surface area contributed by atoms with Crippen LogP contribution in [0.25, 0.3) is 0 Å². The molecule has 0 aliphatic carbocycles. The third kappa shape index (κ3) is 21.0. The Morgan fingerprint density at radius 2 is 1.23 bits per heavy atom. The molecular formula is C18H38BaO3. The first-order chi connectivity index (χ1) is 10.2. The van der Waals surface area contributed by atoms with Crippen molar-refractivity contribution in [2.45, 2.75) is 109 Å². The smallest absolute Gasteiger partial charge is 1.00 e. The van der Waals surface area contributed by atoms with Crippen molar-refractivity contribution < 1.29 is 17.9 Å². The normalized spacial score (nSPS) is 11.9. The molecule has 0 bridgehead atoms. The number of unbranched alkanes of at least 4 members (excludes halogenated alkanes) is 10. The summed E-state index contributed by atoms with van der Waals surface area (Å²) in [7, 11) is 0. The molecule has 2 N–H and O–H groups in total. The van der Waals surface area contributed by atoms with Crippen molar-refractivity contribution in [3.63, 3.8) is 0 Å². The maximum absolute atomic E-state index is 10.3. The van der Waals surface area contributed by atoms with Crippen LogP contribution in [0, 0.1) is 0 Å². The van der Waals surface area contributed by atoms with E-state index in [1.165, 1.54) is 51.4 Å². The molecule has 22 heavy (non-hydrogen) atoms. The van der Waals surface area contributed by atoms with Gasteiger partial charge in [0.25, 0.3) is 0 Å². The quantitative estimate of drug-likeness (QED) is 0.258. The van der Waals surface area contributed by atoms with Gasteiger partial charge in [-0.1, -0.05) is 77.6 Å². The minimum absolute atomic E-state index is 0. The molecule has 0 radical (unpaired) electrons. The Morgan fingerprint density at radius 3 is 1.68 bits per heavy atom. The van der Waals surface area contributed by atoms with Gasteiger partial charge < -0.3 is 13.1 Å². The SMILES string of the molecule is CCCCCCC(O)CCCCCCCCCCC(=O)O.[Ba+2].[H-].[H-]. The van der Waals surface area contributed by atoms with Crippen LogP contribution in [0.15, 0.2) is 0 Å². The topological polar surface area (TPSA) is 57.5 Å². The van der Waals surface area contributed by atoms with Gasteiger partial charge in [0.15, 0.2) is 0 Å². The van der Waals surface area contributed by atoms with Gasteiger partial charge in [-0.15, -0.1) is 0 Å². The Kier molecular flexibility index (Phi) is 23.0. The number of aliphatic hydroxyl groups excluding tert-OH is 1. The number of rotatable bonds is 16. The summed E-state index contributed by atoms with van der Waals surface area (Å²) in [5.41, 5.74) is 0. The van der Waals surface area contributed by atoms with Crippen molar-refractivity contribution in [3.8, 4) is 0 Å². The van der Waals surface area contributed by atoms with Gasteiger partial charge in [-0.05, 0) is 19.3 Å². The van der Waals surface area contributed by atoms with E-state index in [1.54, 1.807) is 0 Å². The summed E-state index contributed by atoms with van der Waals surface area (Å²) in [5.74, 6) is -0.678. The average molecular weight is 440 g/mol. The fourth-order valence-electron chi connectivity index (χ4n) is 2.67. The molecule has 0 aromatic rings. The molecule has 0 fully saturated rings. The maximum atomic E-state index is 10.3. The first-order valence-electron chi connectivity index (χ1n) is 9.06. The van der Waals surface area contributed by atoms with Gasteiger partial charge in [0, 0.05) is 6.42 Å². The molecule has 0 spiro atoms. The first-order valence-corrected chi connectivity index (χ1v) is 9.06. The van der Waals surface area contributed by atoms with E-state index >= 15 is 0 Å². The fraction of sp³-hybridized carbons (Fsp3) is 0.944. The summed E-state index contributed by atoms with van der Waals surface area (Å²) in [6, 6.07) is 0. The van der Waals surface area contributed by atoms with Crippen LogP contribution in [0.1, 0.15) is 106 Å². The Balaban J connectivity index is -0.000000667. The molecule has 1 atom stereocenters. The molecule has 0 aromatic heterocycles. The van der Waals surface area contributed by atoms with E-state index in [2.05, 4.69) is 6.92 Å².